The lowest BCUT2D eigenvalue weighted by Gasteiger charge is -2.42. The van der Waals surface area contributed by atoms with Crippen LogP contribution in [0.5, 0.6) is 0 Å². The predicted molar refractivity (Wildman–Crippen MR) is 108 cm³/mol. The highest BCUT2D eigenvalue weighted by atomic mass is 15.3. The molecule has 6 nitrogen and oxygen atoms in total. The smallest absolute Gasteiger partial charge is 0.241 e. The molecule has 0 bridgehead atoms. The third kappa shape index (κ3) is 2.76. The monoisotopic (exact) mass is 360 g/mol. The van der Waals surface area contributed by atoms with Gasteiger partial charge in [0.25, 0.3) is 0 Å². The molecule has 1 saturated carbocycles. The number of pyridine rings is 1. The Balaban J connectivity index is 1.55. The SMILES string of the molecule is CCc1nc(NC2CC(C)(C)C2)nn2ccc(-c3cc4ncccc4[nH]3)c12. The maximum atomic E-state index is 4.83. The number of aryl methyl sites for hydroxylation is 1. The van der Waals surface area contributed by atoms with Gasteiger partial charge in [-0.1, -0.05) is 20.8 Å². The van der Waals surface area contributed by atoms with Gasteiger partial charge in [-0.3, -0.25) is 4.98 Å². The molecular formula is C21H24N6. The lowest BCUT2D eigenvalue weighted by molar-refractivity contribution is 0.167. The molecule has 2 N–H and O–H groups in total. The summed E-state index contributed by atoms with van der Waals surface area (Å²) in [6.07, 6.45) is 7.01. The van der Waals surface area contributed by atoms with Crippen LogP contribution in [0.1, 0.15) is 39.3 Å². The number of fused-ring (bicyclic) bond motifs is 2. The first kappa shape index (κ1) is 16.3. The molecule has 27 heavy (non-hydrogen) atoms. The van der Waals surface area contributed by atoms with Crippen LogP contribution in [0.25, 0.3) is 27.8 Å². The van der Waals surface area contributed by atoms with E-state index in [-0.39, 0.29) is 0 Å². The molecule has 6 heteroatoms. The van der Waals surface area contributed by atoms with Gasteiger partial charge in [0, 0.05) is 24.0 Å². The Hall–Kier alpha value is -2.89. The van der Waals surface area contributed by atoms with E-state index in [2.05, 4.69) is 48.2 Å². The van der Waals surface area contributed by atoms with Gasteiger partial charge in [-0.05, 0) is 48.9 Å². The van der Waals surface area contributed by atoms with Crippen molar-refractivity contribution in [1.29, 1.82) is 0 Å². The van der Waals surface area contributed by atoms with Gasteiger partial charge in [0.15, 0.2) is 0 Å². The van der Waals surface area contributed by atoms with Gasteiger partial charge < -0.3 is 10.3 Å². The zero-order valence-corrected chi connectivity index (χ0v) is 16.0. The third-order valence-electron chi connectivity index (χ3n) is 5.53. The Bertz CT molecular complexity index is 1100. The minimum atomic E-state index is 0.430. The lowest BCUT2D eigenvalue weighted by Crippen LogP contribution is -2.41. The van der Waals surface area contributed by atoms with Crippen molar-refractivity contribution in [3.63, 3.8) is 0 Å². The average Bonchev–Trinajstić information content (AvgIpc) is 3.23. The molecular weight excluding hydrogens is 336 g/mol. The summed E-state index contributed by atoms with van der Waals surface area (Å²) in [5.74, 6) is 0.723. The molecule has 1 aliphatic carbocycles. The maximum absolute atomic E-state index is 4.83. The Kier molecular flexibility index (Phi) is 3.50. The molecule has 1 aliphatic rings. The highest BCUT2D eigenvalue weighted by Gasteiger charge is 2.36. The molecule has 4 aromatic rings. The van der Waals surface area contributed by atoms with E-state index in [4.69, 9.17) is 10.1 Å². The van der Waals surface area contributed by atoms with Crippen molar-refractivity contribution in [2.45, 2.75) is 46.1 Å². The van der Waals surface area contributed by atoms with Crippen LogP contribution >= 0.6 is 0 Å². The second kappa shape index (κ2) is 5.81. The number of nitrogens with zero attached hydrogens (tertiary/aromatic N) is 4. The molecule has 5 rings (SSSR count). The zero-order valence-electron chi connectivity index (χ0n) is 16.0. The number of nitrogens with one attached hydrogen (secondary N) is 2. The summed E-state index contributed by atoms with van der Waals surface area (Å²) in [5.41, 5.74) is 6.71. The van der Waals surface area contributed by atoms with Crippen LogP contribution in [0, 0.1) is 5.41 Å². The molecule has 0 amide bonds. The Morgan fingerprint density at radius 2 is 2.15 bits per heavy atom. The van der Waals surface area contributed by atoms with Crippen LogP contribution < -0.4 is 5.32 Å². The van der Waals surface area contributed by atoms with E-state index in [0.29, 0.717) is 11.5 Å². The van der Waals surface area contributed by atoms with Crippen LogP contribution in [0.4, 0.5) is 5.95 Å². The van der Waals surface area contributed by atoms with Crippen LogP contribution in [-0.4, -0.2) is 30.6 Å². The van der Waals surface area contributed by atoms with Gasteiger partial charge in [-0.25, -0.2) is 9.50 Å². The number of rotatable bonds is 4. The second-order valence-electron chi connectivity index (χ2n) is 8.29. The van der Waals surface area contributed by atoms with Crippen molar-refractivity contribution in [1.82, 2.24) is 24.6 Å². The van der Waals surface area contributed by atoms with E-state index in [0.717, 1.165) is 58.7 Å². The van der Waals surface area contributed by atoms with Crippen molar-refractivity contribution >= 4 is 22.5 Å². The second-order valence-corrected chi connectivity index (χ2v) is 8.29. The van der Waals surface area contributed by atoms with Crippen molar-refractivity contribution in [3.8, 4) is 11.3 Å². The molecule has 138 valence electrons. The Morgan fingerprint density at radius 3 is 2.89 bits per heavy atom. The van der Waals surface area contributed by atoms with E-state index >= 15 is 0 Å². The van der Waals surface area contributed by atoms with Crippen LogP contribution in [-0.2, 0) is 6.42 Å². The number of aromatic nitrogens is 5. The topological polar surface area (TPSA) is 70.9 Å². The fourth-order valence-electron chi connectivity index (χ4n) is 4.28. The molecule has 0 spiro atoms. The molecule has 4 aromatic heterocycles. The first-order valence-corrected chi connectivity index (χ1v) is 9.61. The number of anilines is 1. The van der Waals surface area contributed by atoms with Crippen molar-refractivity contribution in [2.24, 2.45) is 5.41 Å². The minimum absolute atomic E-state index is 0.430. The summed E-state index contributed by atoms with van der Waals surface area (Å²) in [6, 6.07) is 8.65. The fraction of sp³-hybridized carbons (Fsp3) is 0.381. The average molecular weight is 360 g/mol. The maximum Gasteiger partial charge on any atom is 0.241 e. The molecule has 0 unspecified atom stereocenters. The fourth-order valence-corrected chi connectivity index (χ4v) is 4.28. The van der Waals surface area contributed by atoms with Crippen LogP contribution in [0.15, 0.2) is 36.7 Å². The minimum Gasteiger partial charge on any atom is -0.353 e. The molecule has 1 fully saturated rings. The Labute approximate surface area is 158 Å². The summed E-state index contributed by atoms with van der Waals surface area (Å²) in [4.78, 5) is 12.7. The summed E-state index contributed by atoms with van der Waals surface area (Å²) in [5, 5.41) is 8.23. The van der Waals surface area contributed by atoms with Crippen molar-refractivity contribution in [3.05, 3.63) is 42.4 Å². The van der Waals surface area contributed by atoms with E-state index in [1.807, 2.05) is 29.0 Å². The zero-order chi connectivity index (χ0) is 18.6. The number of H-pyrrole nitrogens is 1. The highest BCUT2D eigenvalue weighted by Crippen LogP contribution is 2.41. The summed E-state index contributed by atoms with van der Waals surface area (Å²) in [6.45, 7) is 6.75. The highest BCUT2D eigenvalue weighted by molar-refractivity contribution is 5.88. The van der Waals surface area contributed by atoms with E-state index < -0.39 is 0 Å². The van der Waals surface area contributed by atoms with Gasteiger partial charge in [-0.15, -0.1) is 5.10 Å². The van der Waals surface area contributed by atoms with Gasteiger partial charge in [0.2, 0.25) is 5.95 Å². The van der Waals surface area contributed by atoms with Crippen LogP contribution in [0.2, 0.25) is 0 Å². The largest absolute Gasteiger partial charge is 0.353 e. The normalized spacial score (nSPS) is 16.7. The molecule has 0 aliphatic heterocycles. The molecule has 0 saturated heterocycles. The number of hydrogen-bond acceptors (Lipinski definition) is 4. The first-order valence-electron chi connectivity index (χ1n) is 9.61. The van der Waals surface area contributed by atoms with E-state index in [1.54, 1.807) is 0 Å². The van der Waals surface area contributed by atoms with Crippen molar-refractivity contribution in [2.75, 3.05) is 5.32 Å². The van der Waals surface area contributed by atoms with Gasteiger partial charge >= 0.3 is 0 Å². The van der Waals surface area contributed by atoms with E-state index in [1.165, 1.54) is 0 Å². The first-order chi connectivity index (χ1) is 13.0. The van der Waals surface area contributed by atoms with Gasteiger partial charge in [-0.2, -0.15) is 0 Å². The van der Waals surface area contributed by atoms with E-state index in [9.17, 15) is 0 Å². The molecule has 0 atom stereocenters. The molecule has 0 aromatic carbocycles. The number of aromatic amines is 1. The number of hydrogen-bond donors (Lipinski definition) is 2. The summed E-state index contributed by atoms with van der Waals surface area (Å²) < 4.78 is 1.95. The third-order valence-corrected chi connectivity index (χ3v) is 5.53. The van der Waals surface area contributed by atoms with Gasteiger partial charge in [0.1, 0.15) is 0 Å². The molecule has 4 heterocycles. The Morgan fingerprint density at radius 1 is 1.30 bits per heavy atom. The van der Waals surface area contributed by atoms with Gasteiger partial charge in [0.05, 0.1) is 27.9 Å². The predicted octanol–water partition coefficient (Wildman–Crippen LogP) is 4.44. The summed E-state index contributed by atoms with van der Waals surface area (Å²) >= 11 is 0. The molecule has 0 radical (unpaired) electrons. The quantitative estimate of drug-likeness (QED) is 0.564. The standard InChI is InChI=1S/C21H24N6/c1-4-15-19-14(17-10-18-16(24-17)6-5-8-22-18)7-9-27(19)26-20(25-15)23-13-11-21(2,3)12-13/h5-10,13,24H,4,11-12H2,1-3H3,(H,23,26). The summed E-state index contributed by atoms with van der Waals surface area (Å²) in [7, 11) is 0. The van der Waals surface area contributed by atoms with Crippen molar-refractivity contribution < 1.29 is 0 Å². The van der Waals surface area contributed by atoms with Crippen LogP contribution in [0.3, 0.4) is 0 Å². The lowest BCUT2D eigenvalue weighted by atomic mass is 9.68.